The summed E-state index contributed by atoms with van der Waals surface area (Å²) in [6.45, 7) is 3.49. The smallest absolute Gasteiger partial charge is 0.258 e. The van der Waals surface area contributed by atoms with Gasteiger partial charge in [0.25, 0.3) is 5.91 Å². The highest BCUT2D eigenvalue weighted by molar-refractivity contribution is 6.07. The van der Waals surface area contributed by atoms with Gasteiger partial charge in [0, 0.05) is 29.9 Å². The molecule has 3 rings (SSSR count). The maximum atomic E-state index is 12.9. The van der Waals surface area contributed by atoms with Crippen molar-refractivity contribution in [1.82, 2.24) is 0 Å². The van der Waals surface area contributed by atoms with Gasteiger partial charge in [-0.3, -0.25) is 9.59 Å². The zero-order valence-corrected chi connectivity index (χ0v) is 13.4. The summed E-state index contributed by atoms with van der Waals surface area (Å²) in [5.74, 6) is -0.0766. The van der Waals surface area contributed by atoms with Gasteiger partial charge in [0.05, 0.1) is 0 Å². The van der Waals surface area contributed by atoms with Crippen LogP contribution < -0.4 is 10.2 Å². The molecule has 1 saturated carbocycles. The highest BCUT2D eigenvalue weighted by Gasteiger charge is 2.34. The van der Waals surface area contributed by atoms with Crippen molar-refractivity contribution in [3.8, 4) is 0 Å². The van der Waals surface area contributed by atoms with Crippen LogP contribution in [0.4, 0.5) is 11.4 Å². The van der Waals surface area contributed by atoms with Gasteiger partial charge in [0.1, 0.15) is 0 Å². The fourth-order valence-corrected chi connectivity index (χ4v) is 2.57. The quantitative estimate of drug-likeness (QED) is 0.935. The predicted octanol–water partition coefficient (Wildman–Crippen LogP) is 3.76. The van der Waals surface area contributed by atoms with Crippen LogP contribution in [0.3, 0.4) is 0 Å². The molecule has 0 atom stereocenters. The zero-order valence-electron chi connectivity index (χ0n) is 13.4. The van der Waals surface area contributed by atoms with Gasteiger partial charge < -0.3 is 10.2 Å². The number of amides is 2. The number of carbonyl (C=O) groups excluding carboxylic acids is 2. The van der Waals surface area contributed by atoms with Crippen LogP contribution in [0, 0.1) is 6.92 Å². The van der Waals surface area contributed by atoms with E-state index in [0.717, 1.165) is 29.8 Å². The molecule has 2 aromatic rings. The highest BCUT2D eigenvalue weighted by atomic mass is 16.2. The second kappa shape index (κ2) is 6.24. The molecule has 1 fully saturated rings. The molecular weight excluding hydrogens is 288 g/mol. The Kier molecular flexibility index (Phi) is 4.15. The first-order chi connectivity index (χ1) is 11.0. The third-order valence-corrected chi connectivity index (χ3v) is 3.90. The SMILES string of the molecule is CC(=O)Nc1ccc(N(C(=O)c2ccc(C)cc2)C2CC2)cc1. The lowest BCUT2D eigenvalue weighted by molar-refractivity contribution is -0.114. The molecule has 0 spiro atoms. The van der Waals surface area contributed by atoms with E-state index in [0.29, 0.717) is 5.56 Å². The van der Waals surface area contributed by atoms with Crippen molar-refractivity contribution in [3.63, 3.8) is 0 Å². The molecule has 0 saturated heterocycles. The molecule has 0 unspecified atom stereocenters. The summed E-state index contributed by atoms with van der Waals surface area (Å²) in [7, 11) is 0. The lowest BCUT2D eigenvalue weighted by atomic mass is 10.1. The molecular formula is C19H20N2O2. The maximum absolute atomic E-state index is 12.9. The Balaban J connectivity index is 1.85. The molecule has 0 aliphatic heterocycles. The van der Waals surface area contributed by atoms with Gasteiger partial charge in [-0.2, -0.15) is 0 Å². The number of carbonyl (C=O) groups is 2. The number of benzene rings is 2. The van der Waals surface area contributed by atoms with Crippen LogP contribution >= 0.6 is 0 Å². The predicted molar refractivity (Wildman–Crippen MR) is 91.8 cm³/mol. The van der Waals surface area contributed by atoms with Crippen molar-refractivity contribution >= 4 is 23.2 Å². The molecule has 118 valence electrons. The molecule has 0 bridgehead atoms. The summed E-state index contributed by atoms with van der Waals surface area (Å²) in [5.41, 5.74) is 3.44. The maximum Gasteiger partial charge on any atom is 0.258 e. The van der Waals surface area contributed by atoms with E-state index in [4.69, 9.17) is 0 Å². The van der Waals surface area contributed by atoms with Crippen molar-refractivity contribution in [1.29, 1.82) is 0 Å². The Bertz CT molecular complexity index is 716. The molecule has 1 N–H and O–H groups in total. The summed E-state index contributed by atoms with van der Waals surface area (Å²) < 4.78 is 0. The molecule has 1 aliphatic rings. The van der Waals surface area contributed by atoms with Gasteiger partial charge in [0.2, 0.25) is 5.91 Å². The molecule has 0 heterocycles. The molecule has 2 aromatic carbocycles. The Morgan fingerprint density at radius 1 is 1.00 bits per heavy atom. The topological polar surface area (TPSA) is 49.4 Å². The van der Waals surface area contributed by atoms with Crippen LogP contribution in [0.2, 0.25) is 0 Å². The number of hydrogen-bond donors (Lipinski definition) is 1. The molecule has 0 radical (unpaired) electrons. The van der Waals surface area contributed by atoms with Crippen LogP contribution in [0.5, 0.6) is 0 Å². The van der Waals surface area contributed by atoms with E-state index in [9.17, 15) is 9.59 Å². The number of rotatable bonds is 4. The van der Waals surface area contributed by atoms with Crippen LogP contribution in [0.1, 0.15) is 35.7 Å². The lowest BCUT2D eigenvalue weighted by Gasteiger charge is -2.23. The third kappa shape index (κ3) is 3.59. The van der Waals surface area contributed by atoms with Gasteiger partial charge in [-0.05, 0) is 56.2 Å². The van der Waals surface area contributed by atoms with E-state index in [-0.39, 0.29) is 17.9 Å². The molecule has 4 nitrogen and oxygen atoms in total. The molecule has 2 amide bonds. The Hall–Kier alpha value is -2.62. The van der Waals surface area contributed by atoms with E-state index in [1.807, 2.05) is 60.4 Å². The number of nitrogens with zero attached hydrogens (tertiary/aromatic N) is 1. The minimum absolute atomic E-state index is 0.0276. The summed E-state index contributed by atoms with van der Waals surface area (Å²) in [5, 5.41) is 2.74. The van der Waals surface area contributed by atoms with Gasteiger partial charge >= 0.3 is 0 Å². The molecule has 1 aliphatic carbocycles. The summed E-state index contributed by atoms with van der Waals surface area (Å²) in [6, 6.07) is 15.4. The zero-order chi connectivity index (χ0) is 16.4. The van der Waals surface area contributed by atoms with Gasteiger partial charge in [-0.1, -0.05) is 17.7 Å². The number of anilines is 2. The monoisotopic (exact) mass is 308 g/mol. The van der Waals surface area contributed by atoms with E-state index >= 15 is 0 Å². The van der Waals surface area contributed by atoms with Crippen molar-refractivity contribution < 1.29 is 9.59 Å². The van der Waals surface area contributed by atoms with Crippen LogP contribution in [-0.2, 0) is 4.79 Å². The van der Waals surface area contributed by atoms with Crippen molar-refractivity contribution in [3.05, 3.63) is 59.7 Å². The summed E-state index contributed by atoms with van der Waals surface area (Å²) >= 11 is 0. The fraction of sp³-hybridized carbons (Fsp3) is 0.263. The van der Waals surface area contributed by atoms with E-state index < -0.39 is 0 Å². The molecule has 0 aromatic heterocycles. The second-order valence-electron chi connectivity index (χ2n) is 6.00. The largest absolute Gasteiger partial charge is 0.326 e. The highest BCUT2D eigenvalue weighted by Crippen LogP contribution is 2.33. The standard InChI is InChI=1S/C19H20N2O2/c1-13-3-5-15(6-4-13)19(23)21(18-11-12-18)17-9-7-16(8-10-17)20-14(2)22/h3-10,18H,11-12H2,1-2H3,(H,20,22). The number of nitrogens with one attached hydrogen (secondary N) is 1. The first-order valence-electron chi connectivity index (χ1n) is 7.82. The van der Waals surface area contributed by atoms with E-state index in [1.54, 1.807) is 0 Å². The first-order valence-corrected chi connectivity index (χ1v) is 7.82. The van der Waals surface area contributed by atoms with Crippen LogP contribution in [-0.4, -0.2) is 17.9 Å². The summed E-state index contributed by atoms with van der Waals surface area (Å²) in [6.07, 6.45) is 2.07. The first kappa shape index (κ1) is 15.3. The van der Waals surface area contributed by atoms with Gasteiger partial charge in [0.15, 0.2) is 0 Å². The Labute approximate surface area is 136 Å². The Morgan fingerprint density at radius 3 is 2.13 bits per heavy atom. The van der Waals surface area contributed by atoms with Crippen molar-refractivity contribution in [2.24, 2.45) is 0 Å². The molecule has 4 heteroatoms. The third-order valence-electron chi connectivity index (χ3n) is 3.90. The average molecular weight is 308 g/mol. The normalized spacial score (nSPS) is 13.5. The van der Waals surface area contributed by atoms with E-state index in [2.05, 4.69) is 5.32 Å². The second-order valence-corrected chi connectivity index (χ2v) is 6.00. The van der Waals surface area contributed by atoms with Gasteiger partial charge in [-0.15, -0.1) is 0 Å². The Morgan fingerprint density at radius 2 is 1.61 bits per heavy atom. The van der Waals surface area contributed by atoms with Gasteiger partial charge in [-0.25, -0.2) is 0 Å². The van der Waals surface area contributed by atoms with Crippen molar-refractivity contribution in [2.75, 3.05) is 10.2 Å². The number of aryl methyl sites for hydroxylation is 1. The minimum atomic E-state index is -0.104. The number of hydrogen-bond acceptors (Lipinski definition) is 2. The summed E-state index contributed by atoms with van der Waals surface area (Å²) in [4.78, 5) is 25.8. The van der Waals surface area contributed by atoms with Crippen molar-refractivity contribution in [2.45, 2.75) is 32.7 Å². The van der Waals surface area contributed by atoms with Crippen LogP contribution in [0.25, 0.3) is 0 Å². The van der Waals surface area contributed by atoms with Crippen LogP contribution in [0.15, 0.2) is 48.5 Å². The fourth-order valence-electron chi connectivity index (χ4n) is 2.57. The minimum Gasteiger partial charge on any atom is -0.326 e. The lowest BCUT2D eigenvalue weighted by Crippen LogP contribution is -2.33. The molecule has 23 heavy (non-hydrogen) atoms. The average Bonchev–Trinajstić information content (AvgIpc) is 3.34. The van der Waals surface area contributed by atoms with E-state index in [1.165, 1.54) is 6.92 Å².